The maximum Gasteiger partial charge on any atom is 0.191 e. The Labute approximate surface area is 167 Å². The molecule has 1 heterocycles. The minimum absolute atomic E-state index is 0.0751. The highest BCUT2D eigenvalue weighted by Crippen LogP contribution is 2.11. The van der Waals surface area contributed by atoms with Crippen LogP contribution in [0.3, 0.4) is 0 Å². The molecule has 150 valence electrons. The monoisotopic (exact) mass is 401 g/mol. The minimum Gasteiger partial charge on any atom is -0.372 e. The van der Waals surface area contributed by atoms with Crippen LogP contribution in [0, 0.1) is 0 Å². The van der Waals surface area contributed by atoms with Gasteiger partial charge in [0, 0.05) is 19.6 Å². The van der Waals surface area contributed by atoms with Gasteiger partial charge in [-0.3, -0.25) is 4.99 Å². The Kier molecular flexibility index (Phi) is 7.06. The van der Waals surface area contributed by atoms with E-state index < -0.39 is 9.84 Å². The molecule has 7 heteroatoms. The van der Waals surface area contributed by atoms with Gasteiger partial charge in [0.2, 0.25) is 0 Å². The highest BCUT2D eigenvalue weighted by atomic mass is 32.2. The van der Waals surface area contributed by atoms with Crippen molar-refractivity contribution in [1.82, 2.24) is 10.6 Å². The van der Waals surface area contributed by atoms with Gasteiger partial charge in [0.15, 0.2) is 15.8 Å². The van der Waals surface area contributed by atoms with E-state index in [0.717, 1.165) is 16.7 Å². The highest BCUT2D eigenvalue weighted by Gasteiger charge is 2.28. The number of rotatable bonds is 7. The van der Waals surface area contributed by atoms with Gasteiger partial charge in [-0.05, 0) is 23.1 Å². The molecule has 1 aliphatic heterocycles. The van der Waals surface area contributed by atoms with Gasteiger partial charge in [-0.2, -0.15) is 0 Å². The van der Waals surface area contributed by atoms with E-state index in [-0.39, 0.29) is 17.5 Å². The van der Waals surface area contributed by atoms with Crippen LogP contribution in [0.25, 0.3) is 0 Å². The first kappa shape index (κ1) is 20.4. The highest BCUT2D eigenvalue weighted by molar-refractivity contribution is 7.91. The summed E-state index contributed by atoms with van der Waals surface area (Å²) >= 11 is 0. The molecular weight excluding hydrogens is 374 g/mol. The summed E-state index contributed by atoms with van der Waals surface area (Å²) in [5.41, 5.74) is 3.38. The fourth-order valence-corrected chi connectivity index (χ4v) is 4.85. The molecule has 6 nitrogen and oxygen atoms in total. The Morgan fingerprint density at radius 1 is 1.07 bits per heavy atom. The number of benzene rings is 2. The molecule has 1 atom stereocenters. The van der Waals surface area contributed by atoms with E-state index in [9.17, 15) is 8.42 Å². The topological polar surface area (TPSA) is 79.8 Å². The first-order valence-electron chi connectivity index (χ1n) is 9.41. The van der Waals surface area contributed by atoms with Crippen LogP contribution in [-0.2, 0) is 34.3 Å². The molecule has 1 aliphatic rings. The van der Waals surface area contributed by atoms with Crippen LogP contribution in [0.1, 0.15) is 23.1 Å². The van der Waals surface area contributed by atoms with Crippen LogP contribution in [-0.4, -0.2) is 39.0 Å². The van der Waals surface area contributed by atoms with Gasteiger partial charge in [-0.15, -0.1) is 0 Å². The second kappa shape index (κ2) is 9.71. The Hall–Kier alpha value is -2.38. The summed E-state index contributed by atoms with van der Waals surface area (Å²) in [6.45, 7) is 1.74. The molecular formula is C21H27N3O3S. The predicted octanol–water partition coefficient (Wildman–Crippen LogP) is 2.26. The summed E-state index contributed by atoms with van der Waals surface area (Å²) in [5.74, 6) is 1.03. The number of hydrogen-bond acceptors (Lipinski definition) is 4. The Morgan fingerprint density at radius 3 is 2.50 bits per heavy atom. The number of sulfone groups is 1. The molecule has 2 N–H and O–H groups in total. The summed E-state index contributed by atoms with van der Waals surface area (Å²) in [6, 6.07) is 18.2. The third-order valence-corrected chi connectivity index (χ3v) is 6.40. The van der Waals surface area contributed by atoms with Gasteiger partial charge in [0.1, 0.15) is 0 Å². The molecule has 3 rings (SSSR count). The zero-order chi connectivity index (χ0) is 19.8. The van der Waals surface area contributed by atoms with Crippen molar-refractivity contribution in [3.63, 3.8) is 0 Å². The van der Waals surface area contributed by atoms with E-state index >= 15 is 0 Å². The molecule has 0 aliphatic carbocycles. The maximum atomic E-state index is 11.6. The molecule has 0 amide bonds. The third-order valence-electron chi connectivity index (χ3n) is 4.63. The van der Waals surface area contributed by atoms with Gasteiger partial charge < -0.3 is 15.4 Å². The summed E-state index contributed by atoms with van der Waals surface area (Å²) in [6.07, 6.45) is 0.622. The van der Waals surface area contributed by atoms with Crippen LogP contribution in [0.5, 0.6) is 0 Å². The van der Waals surface area contributed by atoms with E-state index in [1.165, 1.54) is 0 Å². The van der Waals surface area contributed by atoms with Crippen LogP contribution in [0.4, 0.5) is 0 Å². The van der Waals surface area contributed by atoms with Gasteiger partial charge in [-0.25, -0.2) is 8.42 Å². The van der Waals surface area contributed by atoms with Crippen molar-refractivity contribution in [3.05, 3.63) is 71.3 Å². The van der Waals surface area contributed by atoms with Crippen molar-refractivity contribution in [2.45, 2.75) is 32.2 Å². The summed E-state index contributed by atoms with van der Waals surface area (Å²) < 4.78 is 29.0. The number of guanidine groups is 1. The Bertz CT molecular complexity index is 898. The molecule has 2 aromatic rings. The molecule has 28 heavy (non-hydrogen) atoms. The van der Waals surface area contributed by atoms with Crippen molar-refractivity contribution in [2.24, 2.45) is 4.99 Å². The standard InChI is InChI=1S/C21H27N3O3S/c1-22-21(24-20-10-11-28(25,26)16-20)23-13-18-8-5-9-19(12-18)15-27-14-17-6-3-2-4-7-17/h2-9,12,20H,10-11,13-16H2,1H3,(H2,22,23,24). The van der Waals surface area contributed by atoms with E-state index in [2.05, 4.69) is 33.8 Å². The first-order chi connectivity index (χ1) is 13.5. The van der Waals surface area contributed by atoms with E-state index in [1.807, 2.05) is 36.4 Å². The normalized spacial score (nSPS) is 18.8. The van der Waals surface area contributed by atoms with E-state index in [0.29, 0.717) is 32.1 Å². The second-order valence-electron chi connectivity index (χ2n) is 6.97. The fraction of sp³-hybridized carbons (Fsp3) is 0.381. The van der Waals surface area contributed by atoms with Crippen LogP contribution >= 0.6 is 0 Å². The first-order valence-corrected chi connectivity index (χ1v) is 11.2. The van der Waals surface area contributed by atoms with Crippen LogP contribution < -0.4 is 10.6 Å². The number of nitrogens with zero attached hydrogens (tertiary/aromatic N) is 1. The zero-order valence-electron chi connectivity index (χ0n) is 16.1. The SMILES string of the molecule is CN=C(NCc1cccc(COCc2ccccc2)c1)NC1CCS(=O)(=O)C1. The maximum absolute atomic E-state index is 11.6. The lowest BCUT2D eigenvalue weighted by atomic mass is 10.1. The Balaban J connectivity index is 1.47. The second-order valence-corrected chi connectivity index (χ2v) is 9.20. The predicted molar refractivity (Wildman–Crippen MR) is 112 cm³/mol. The van der Waals surface area contributed by atoms with Crippen molar-refractivity contribution in [2.75, 3.05) is 18.6 Å². The third kappa shape index (κ3) is 6.35. The van der Waals surface area contributed by atoms with E-state index in [1.54, 1.807) is 7.05 Å². The molecule has 0 bridgehead atoms. The van der Waals surface area contributed by atoms with Gasteiger partial charge in [0.05, 0.1) is 24.7 Å². The lowest BCUT2D eigenvalue weighted by Gasteiger charge is -2.16. The molecule has 0 radical (unpaired) electrons. The Morgan fingerprint density at radius 2 is 1.79 bits per heavy atom. The van der Waals surface area contributed by atoms with Crippen LogP contribution in [0.15, 0.2) is 59.6 Å². The molecule has 1 saturated heterocycles. The number of nitrogens with one attached hydrogen (secondary N) is 2. The van der Waals surface area contributed by atoms with Gasteiger partial charge in [0.25, 0.3) is 0 Å². The molecule has 0 saturated carbocycles. The van der Waals surface area contributed by atoms with Crippen molar-refractivity contribution >= 4 is 15.8 Å². The zero-order valence-corrected chi connectivity index (χ0v) is 16.9. The quantitative estimate of drug-likeness (QED) is 0.550. The molecule has 2 aromatic carbocycles. The lowest BCUT2D eigenvalue weighted by molar-refractivity contribution is 0.107. The van der Waals surface area contributed by atoms with Crippen molar-refractivity contribution < 1.29 is 13.2 Å². The lowest BCUT2D eigenvalue weighted by Crippen LogP contribution is -2.43. The van der Waals surface area contributed by atoms with E-state index in [4.69, 9.17) is 4.74 Å². The van der Waals surface area contributed by atoms with Crippen LogP contribution in [0.2, 0.25) is 0 Å². The average Bonchev–Trinajstić information content (AvgIpc) is 3.04. The number of aliphatic imine (C=N–C) groups is 1. The minimum atomic E-state index is -2.91. The summed E-state index contributed by atoms with van der Waals surface area (Å²) in [4.78, 5) is 4.19. The fourth-order valence-electron chi connectivity index (χ4n) is 3.17. The molecule has 1 unspecified atom stereocenters. The number of ether oxygens (including phenoxy) is 1. The summed E-state index contributed by atoms with van der Waals surface area (Å²) in [7, 11) is -1.22. The smallest absolute Gasteiger partial charge is 0.191 e. The largest absolute Gasteiger partial charge is 0.372 e. The molecule has 1 fully saturated rings. The average molecular weight is 402 g/mol. The number of hydrogen-bond donors (Lipinski definition) is 2. The van der Waals surface area contributed by atoms with Crippen molar-refractivity contribution in [1.29, 1.82) is 0 Å². The molecule has 0 spiro atoms. The van der Waals surface area contributed by atoms with Gasteiger partial charge >= 0.3 is 0 Å². The van der Waals surface area contributed by atoms with Crippen molar-refractivity contribution in [3.8, 4) is 0 Å². The summed E-state index contributed by atoms with van der Waals surface area (Å²) in [5, 5.41) is 6.45. The van der Waals surface area contributed by atoms with Gasteiger partial charge in [-0.1, -0.05) is 54.6 Å². The molecule has 0 aromatic heterocycles.